The molecule has 1 rings (SSSR count). The van der Waals surface area contributed by atoms with Crippen LogP contribution in [0.1, 0.15) is 354 Å². The summed E-state index contributed by atoms with van der Waals surface area (Å²) in [6.07, 6.45) is 70.1. The molecule has 0 saturated carbocycles. The van der Waals surface area contributed by atoms with Gasteiger partial charge in [0.1, 0.15) is 24.4 Å². The molecule has 78 heavy (non-hydrogen) atoms. The van der Waals surface area contributed by atoms with Crippen LogP contribution in [0.2, 0.25) is 0 Å². The number of amides is 1. The molecule has 1 aliphatic rings. The molecular formula is C69H133NO8. The molecule has 0 aliphatic carbocycles. The zero-order valence-corrected chi connectivity index (χ0v) is 51.7. The fourth-order valence-corrected chi connectivity index (χ4v) is 11.4. The van der Waals surface area contributed by atoms with Crippen LogP contribution in [0.25, 0.3) is 0 Å². The van der Waals surface area contributed by atoms with Crippen molar-refractivity contribution in [3.63, 3.8) is 0 Å². The average molecular weight is 1100 g/mol. The van der Waals surface area contributed by atoms with Crippen LogP contribution in [0.15, 0.2) is 24.3 Å². The van der Waals surface area contributed by atoms with Crippen LogP contribution in [0.4, 0.5) is 0 Å². The molecule has 0 radical (unpaired) electrons. The highest BCUT2D eigenvalue weighted by atomic mass is 16.7. The van der Waals surface area contributed by atoms with Crippen LogP contribution < -0.4 is 5.32 Å². The molecule has 1 heterocycles. The molecule has 1 aliphatic heterocycles. The van der Waals surface area contributed by atoms with Gasteiger partial charge in [-0.2, -0.15) is 0 Å². The number of carbonyl (C=O) groups excluding carboxylic acids is 1. The van der Waals surface area contributed by atoms with Gasteiger partial charge >= 0.3 is 0 Å². The number of allylic oxidation sites excluding steroid dienone is 3. The fraction of sp³-hybridized carbons (Fsp3) is 0.928. The van der Waals surface area contributed by atoms with Crippen molar-refractivity contribution in [1.82, 2.24) is 5.32 Å². The van der Waals surface area contributed by atoms with E-state index in [0.717, 1.165) is 38.5 Å². The number of hydrogen-bond donors (Lipinski definition) is 6. The minimum atomic E-state index is -1.57. The van der Waals surface area contributed by atoms with Gasteiger partial charge in [-0.25, -0.2) is 0 Å². The van der Waals surface area contributed by atoms with Crippen LogP contribution in [-0.2, 0) is 14.3 Å². The van der Waals surface area contributed by atoms with Gasteiger partial charge < -0.3 is 40.3 Å². The molecule has 0 aromatic rings. The maximum absolute atomic E-state index is 13.1. The van der Waals surface area contributed by atoms with Crippen LogP contribution >= 0.6 is 0 Å². The summed E-state index contributed by atoms with van der Waals surface area (Å²) in [4.78, 5) is 13.1. The molecule has 0 aromatic carbocycles. The van der Waals surface area contributed by atoms with Crippen molar-refractivity contribution < 1.29 is 39.8 Å². The van der Waals surface area contributed by atoms with Gasteiger partial charge in [0.2, 0.25) is 5.91 Å². The largest absolute Gasteiger partial charge is 0.394 e. The molecule has 7 atom stereocenters. The predicted molar refractivity (Wildman–Crippen MR) is 332 cm³/mol. The summed E-state index contributed by atoms with van der Waals surface area (Å²) in [5.74, 6) is -0.178. The van der Waals surface area contributed by atoms with Crippen molar-refractivity contribution in [3.8, 4) is 0 Å². The highest BCUT2D eigenvalue weighted by Gasteiger charge is 2.44. The zero-order chi connectivity index (χ0) is 56.5. The Kier molecular flexibility index (Phi) is 56.3. The van der Waals surface area contributed by atoms with Crippen LogP contribution in [0, 0.1) is 0 Å². The molecule has 0 aromatic heterocycles. The molecule has 462 valence electrons. The van der Waals surface area contributed by atoms with Crippen molar-refractivity contribution in [1.29, 1.82) is 0 Å². The van der Waals surface area contributed by atoms with Crippen LogP contribution in [-0.4, -0.2) is 87.5 Å². The third-order valence-corrected chi connectivity index (χ3v) is 16.8. The van der Waals surface area contributed by atoms with E-state index in [0.29, 0.717) is 6.42 Å². The molecule has 1 amide bonds. The van der Waals surface area contributed by atoms with Gasteiger partial charge in [0.15, 0.2) is 6.29 Å². The van der Waals surface area contributed by atoms with Gasteiger partial charge in [0.05, 0.1) is 25.4 Å². The van der Waals surface area contributed by atoms with Crippen molar-refractivity contribution >= 4 is 5.91 Å². The Labute approximate surface area is 483 Å². The first-order chi connectivity index (χ1) is 38.3. The van der Waals surface area contributed by atoms with Crippen LogP contribution in [0.5, 0.6) is 0 Å². The Bertz CT molecular complexity index is 1280. The number of hydrogen-bond acceptors (Lipinski definition) is 8. The van der Waals surface area contributed by atoms with E-state index >= 15 is 0 Å². The second-order valence-corrected chi connectivity index (χ2v) is 24.3. The van der Waals surface area contributed by atoms with Crippen molar-refractivity contribution in [3.05, 3.63) is 24.3 Å². The standard InChI is InChI=1S/C69H133NO8/c1-3-5-7-9-11-13-15-17-19-21-23-25-27-28-29-30-31-32-33-34-35-36-37-39-41-43-45-47-49-51-53-55-57-59-65(73)70-62(61-77-69-68(76)67(75)66(74)64(60-71)78-69)63(72)58-56-54-52-50-48-46-44-42-40-38-26-24-22-20-18-16-14-12-10-8-6-4-2/h48,50,56,58,62-64,66-69,71-72,74-76H,3-47,49,51-55,57,59-61H2,1-2H3,(H,70,73)/b50-48+,58-56+. The number of aliphatic hydroxyl groups is 5. The lowest BCUT2D eigenvalue weighted by molar-refractivity contribution is -0.302. The van der Waals surface area contributed by atoms with E-state index in [9.17, 15) is 30.3 Å². The molecule has 6 N–H and O–H groups in total. The van der Waals surface area contributed by atoms with Crippen molar-refractivity contribution in [2.24, 2.45) is 0 Å². The van der Waals surface area contributed by atoms with E-state index in [4.69, 9.17) is 9.47 Å². The molecule has 0 spiro atoms. The van der Waals surface area contributed by atoms with Crippen molar-refractivity contribution in [2.75, 3.05) is 13.2 Å². The third kappa shape index (κ3) is 47.2. The molecule has 7 unspecified atom stereocenters. The number of carbonyl (C=O) groups is 1. The summed E-state index contributed by atoms with van der Waals surface area (Å²) in [5.41, 5.74) is 0. The molecule has 9 nitrogen and oxygen atoms in total. The predicted octanol–water partition coefficient (Wildman–Crippen LogP) is 18.5. The van der Waals surface area contributed by atoms with Gasteiger partial charge in [-0.15, -0.1) is 0 Å². The molecular weight excluding hydrogens is 971 g/mol. The zero-order valence-electron chi connectivity index (χ0n) is 51.7. The highest BCUT2D eigenvalue weighted by molar-refractivity contribution is 5.76. The van der Waals surface area contributed by atoms with E-state index in [1.165, 1.54) is 295 Å². The Balaban J connectivity index is 2.11. The molecule has 0 bridgehead atoms. The van der Waals surface area contributed by atoms with Gasteiger partial charge in [-0.1, -0.05) is 340 Å². The van der Waals surface area contributed by atoms with Gasteiger partial charge in [-0.05, 0) is 32.1 Å². The van der Waals surface area contributed by atoms with Crippen LogP contribution in [0.3, 0.4) is 0 Å². The lowest BCUT2D eigenvalue weighted by Crippen LogP contribution is -2.60. The molecule has 1 saturated heterocycles. The van der Waals surface area contributed by atoms with Gasteiger partial charge in [0.25, 0.3) is 0 Å². The minimum absolute atomic E-state index is 0.178. The Hall–Kier alpha value is -1.33. The average Bonchev–Trinajstić information content (AvgIpc) is 3.45. The summed E-state index contributed by atoms with van der Waals surface area (Å²) >= 11 is 0. The lowest BCUT2D eigenvalue weighted by Gasteiger charge is -2.40. The van der Waals surface area contributed by atoms with E-state index in [2.05, 4.69) is 31.3 Å². The van der Waals surface area contributed by atoms with Crippen molar-refractivity contribution in [2.45, 2.75) is 397 Å². The first kappa shape index (κ1) is 74.7. The first-order valence-electron chi connectivity index (χ1n) is 34.6. The summed E-state index contributed by atoms with van der Waals surface area (Å²) < 4.78 is 11.3. The third-order valence-electron chi connectivity index (χ3n) is 16.8. The SMILES string of the molecule is CCCCCCCCCCCCCCCCCC/C=C/CC/C=C/C(O)C(COC1OC(CO)C(O)C(O)C1O)NC(=O)CCCCCCCCCCCCCCCCCCCCCCCCCCCCCCCCCCC. The number of ether oxygens (including phenoxy) is 2. The Morgan fingerprint density at radius 2 is 0.731 bits per heavy atom. The normalized spacial score (nSPS) is 18.7. The minimum Gasteiger partial charge on any atom is -0.394 e. The fourth-order valence-electron chi connectivity index (χ4n) is 11.4. The van der Waals surface area contributed by atoms with Gasteiger partial charge in [-0.3, -0.25) is 4.79 Å². The molecule has 1 fully saturated rings. The quantitative estimate of drug-likeness (QED) is 0.0261. The number of unbranched alkanes of at least 4 members (excludes halogenated alkanes) is 49. The summed E-state index contributed by atoms with van der Waals surface area (Å²) in [6, 6.07) is -0.820. The lowest BCUT2D eigenvalue weighted by atomic mass is 9.99. The summed E-state index contributed by atoms with van der Waals surface area (Å²) in [5, 5.41) is 54.7. The Morgan fingerprint density at radius 3 is 1.08 bits per heavy atom. The monoisotopic (exact) mass is 1100 g/mol. The maximum Gasteiger partial charge on any atom is 0.220 e. The molecule has 9 heteroatoms. The van der Waals surface area contributed by atoms with E-state index in [1.54, 1.807) is 6.08 Å². The number of nitrogens with one attached hydrogen (secondary N) is 1. The first-order valence-corrected chi connectivity index (χ1v) is 34.6. The summed E-state index contributed by atoms with van der Waals surface area (Å²) in [7, 11) is 0. The number of aliphatic hydroxyl groups excluding tert-OH is 5. The number of rotatable bonds is 61. The second kappa shape index (κ2) is 58.9. The Morgan fingerprint density at radius 1 is 0.423 bits per heavy atom. The van der Waals surface area contributed by atoms with Gasteiger partial charge in [0, 0.05) is 6.42 Å². The second-order valence-electron chi connectivity index (χ2n) is 24.3. The smallest absolute Gasteiger partial charge is 0.220 e. The van der Waals surface area contributed by atoms with E-state index < -0.39 is 49.5 Å². The summed E-state index contributed by atoms with van der Waals surface area (Å²) in [6.45, 7) is 3.82. The van der Waals surface area contributed by atoms with E-state index in [-0.39, 0.29) is 12.5 Å². The van der Waals surface area contributed by atoms with E-state index in [1.807, 2.05) is 6.08 Å². The maximum atomic E-state index is 13.1. The topological polar surface area (TPSA) is 149 Å². The highest BCUT2D eigenvalue weighted by Crippen LogP contribution is 2.23.